The van der Waals surface area contributed by atoms with E-state index in [0.717, 1.165) is 0 Å². The summed E-state index contributed by atoms with van der Waals surface area (Å²) < 4.78 is 14.7. The third kappa shape index (κ3) is 21.2. The minimum atomic E-state index is -3.78. The number of hydrogen-bond donors (Lipinski definition) is 3. The van der Waals surface area contributed by atoms with E-state index in [1.165, 1.54) is 14.2 Å². The molecule has 17 heavy (non-hydrogen) atoms. The molecule has 100 valence electrons. The minimum Gasteiger partial charge on any atom is -0.385 e. The Morgan fingerprint density at radius 3 is 1.65 bits per heavy atom. The highest BCUT2D eigenvalue weighted by atomic mass is 31.2. The van der Waals surface area contributed by atoms with E-state index in [0.29, 0.717) is 13.0 Å². The Morgan fingerprint density at radius 1 is 1.06 bits per heavy atom. The maximum Gasteiger partial charge on any atom is 0.325 e. The van der Waals surface area contributed by atoms with Crippen molar-refractivity contribution >= 4 is 7.60 Å². The molecule has 0 radical (unpaired) electrons. The van der Waals surface area contributed by atoms with Crippen molar-refractivity contribution in [1.29, 1.82) is 0 Å². The van der Waals surface area contributed by atoms with Gasteiger partial charge in [0, 0.05) is 13.7 Å². The van der Waals surface area contributed by atoms with Crippen LogP contribution in [0.15, 0.2) is 36.4 Å². The monoisotopic (exact) mass is 263 g/mol. The number of nitrogens with two attached hydrogens (primary N) is 1. The lowest BCUT2D eigenvalue weighted by Gasteiger charge is -2.00. The second-order valence-electron chi connectivity index (χ2n) is 2.89. The van der Waals surface area contributed by atoms with Crippen LogP contribution in [-0.2, 0) is 9.30 Å². The van der Waals surface area contributed by atoms with Gasteiger partial charge in [-0.2, -0.15) is 0 Å². The smallest absolute Gasteiger partial charge is 0.325 e. The summed E-state index contributed by atoms with van der Waals surface area (Å²) in [7, 11) is -0.776. The van der Waals surface area contributed by atoms with Gasteiger partial charge in [-0.1, -0.05) is 36.4 Å². The van der Waals surface area contributed by atoms with Crippen molar-refractivity contribution in [1.82, 2.24) is 0 Å². The summed E-state index contributed by atoms with van der Waals surface area (Å²) in [5.41, 5.74) is 4.50. The SMILES string of the molecule is CN.COCCCP(=O)(O)O.c1ccccc1. The molecule has 0 atom stereocenters. The van der Waals surface area contributed by atoms with Gasteiger partial charge in [0.25, 0.3) is 0 Å². The Labute approximate surface area is 103 Å². The zero-order valence-corrected chi connectivity index (χ0v) is 11.2. The lowest BCUT2D eigenvalue weighted by Crippen LogP contribution is -1.93. The third-order valence-corrected chi connectivity index (χ3v) is 2.36. The molecule has 0 aliphatic heterocycles. The van der Waals surface area contributed by atoms with Crippen LogP contribution in [0, 0.1) is 0 Å². The number of rotatable bonds is 4. The van der Waals surface area contributed by atoms with Crippen molar-refractivity contribution in [3.05, 3.63) is 36.4 Å². The molecule has 1 rings (SSSR count). The summed E-state index contributed by atoms with van der Waals surface area (Å²) in [6.45, 7) is 0.408. The molecular formula is C11H22NO4P. The largest absolute Gasteiger partial charge is 0.385 e. The molecule has 0 bridgehead atoms. The topological polar surface area (TPSA) is 92.8 Å². The van der Waals surface area contributed by atoms with Crippen LogP contribution < -0.4 is 5.73 Å². The molecule has 0 amide bonds. The first kappa shape index (κ1) is 18.6. The van der Waals surface area contributed by atoms with Crippen molar-refractivity contribution in [3.63, 3.8) is 0 Å². The minimum absolute atomic E-state index is 0.0825. The first-order chi connectivity index (χ1) is 8.06. The van der Waals surface area contributed by atoms with E-state index in [1.54, 1.807) is 0 Å². The average molecular weight is 263 g/mol. The number of methoxy groups -OCH3 is 1. The van der Waals surface area contributed by atoms with Gasteiger partial charge in [0.1, 0.15) is 0 Å². The zero-order chi connectivity index (χ0) is 13.6. The van der Waals surface area contributed by atoms with E-state index in [9.17, 15) is 4.57 Å². The van der Waals surface area contributed by atoms with E-state index in [4.69, 9.17) is 9.79 Å². The van der Waals surface area contributed by atoms with Crippen LogP contribution in [0.5, 0.6) is 0 Å². The molecule has 0 saturated heterocycles. The maximum absolute atomic E-state index is 10.1. The molecule has 4 N–H and O–H groups in total. The van der Waals surface area contributed by atoms with Crippen LogP contribution in [0.1, 0.15) is 6.42 Å². The van der Waals surface area contributed by atoms with Crippen molar-refractivity contribution in [2.75, 3.05) is 26.9 Å². The Bertz CT molecular complexity index is 249. The molecular weight excluding hydrogens is 241 g/mol. The Morgan fingerprint density at radius 2 is 1.41 bits per heavy atom. The fourth-order valence-electron chi connectivity index (χ4n) is 0.800. The van der Waals surface area contributed by atoms with Crippen molar-refractivity contribution in [2.24, 2.45) is 5.73 Å². The van der Waals surface area contributed by atoms with Crippen molar-refractivity contribution in [3.8, 4) is 0 Å². The summed E-state index contributed by atoms with van der Waals surface area (Å²) in [6, 6.07) is 12.0. The number of benzene rings is 1. The van der Waals surface area contributed by atoms with E-state index >= 15 is 0 Å². The Balaban J connectivity index is 0. The van der Waals surface area contributed by atoms with E-state index < -0.39 is 7.60 Å². The predicted octanol–water partition coefficient (Wildman–Crippen LogP) is 1.46. The molecule has 0 aliphatic rings. The Kier molecular flexibility index (Phi) is 14.7. The molecule has 0 unspecified atom stereocenters. The van der Waals surface area contributed by atoms with Gasteiger partial charge in [0.05, 0.1) is 6.16 Å². The second kappa shape index (κ2) is 13.4. The van der Waals surface area contributed by atoms with Crippen molar-refractivity contribution < 1.29 is 19.1 Å². The van der Waals surface area contributed by atoms with Crippen molar-refractivity contribution in [2.45, 2.75) is 6.42 Å². The molecule has 0 aliphatic carbocycles. The zero-order valence-electron chi connectivity index (χ0n) is 10.3. The van der Waals surface area contributed by atoms with Gasteiger partial charge >= 0.3 is 7.60 Å². The van der Waals surface area contributed by atoms with Crippen LogP contribution in [0.2, 0.25) is 0 Å². The highest BCUT2D eigenvalue weighted by molar-refractivity contribution is 7.51. The van der Waals surface area contributed by atoms with Gasteiger partial charge in [-0.05, 0) is 13.5 Å². The molecule has 6 heteroatoms. The summed E-state index contributed by atoms with van der Waals surface area (Å²) in [4.78, 5) is 16.6. The van der Waals surface area contributed by atoms with Gasteiger partial charge in [-0.3, -0.25) is 4.57 Å². The van der Waals surface area contributed by atoms with Gasteiger partial charge in [-0.25, -0.2) is 0 Å². The molecule has 0 heterocycles. The normalized spacial score (nSPS) is 9.47. The van der Waals surface area contributed by atoms with E-state index in [2.05, 4.69) is 10.5 Å². The quantitative estimate of drug-likeness (QED) is 0.565. The molecule has 1 aromatic rings. The highest BCUT2D eigenvalue weighted by Gasteiger charge is 2.10. The van der Waals surface area contributed by atoms with Crippen LogP contribution in [0.3, 0.4) is 0 Å². The van der Waals surface area contributed by atoms with Crippen LogP contribution >= 0.6 is 7.60 Å². The fourth-order valence-corrected chi connectivity index (χ4v) is 1.34. The lowest BCUT2D eigenvalue weighted by atomic mass is 10.4. The molecule has 5 nitrogen and oxygen atoms in total. The van der Waals surface area contributed by atoms with Crippen LogP contribution in [0.25, 0.3) is 0 Å². The lowest BCUT2D eigenvalue weighted by molar-refractivity contribution is 0.197. The summed E-state index contributed by atoms with van der Waals surface area (Å²) in [5.74, 6) is 0. The first-order valence-electron chi connectivity index (χ1n) is 5.17. The molecule has 0 fully saturated rings. The first-order valence-corrected chi connectivity index (χ1v) is 6.97. The van der Waals surface area contributed by atoms with Gasteiger partial charge in [0.15, 0.2) is 0 Å². The maximum atomic E-state index is 10.1. The number of ether oxygens (including phenoxy) is 1. The molecule has 0 saturated carbocycles. The predicted molar refractivity (Wildman–Crippen MR) is 70.0 cm³/mol. The molecule has 0 spiro atoms. The van der Waals surface area contributed by atoms with Gasteiger partial charge in [-0.15, -0.1) is 0 Å². The molecule has 0 aromatic heterocycles. The van der Waals surface area contributed by atoms with E-state index in [1.807, 2.05) is 36.4 Å². The summed E-state index contributed by atoms with van der Waals surface area (Å²) >= 11 is 0. The van der Waals surface area contributed by atoms with E-state index in [-0.39, 0.29) is 6.16 Å². The fraction of sp³-hybridized carbons (Fsp3) is 0.455. The van der Waals surface area contributed by atoms with Crippen LogP contribution in [0.4, 0.5) is 0 Å². The third-order valence-electron chi connectivity index (χ3n) is 1.46. The van der Waals surface area contributed by atoms with Gasteiger partial charge < -0.3 is 20.3 Å². The second-order valence-corrected chi connectivity index (χ2v) is 4.67. The van der Waals surface area contributed by atoms with Gasteiger partial charge in [0.2, 0.25) is 0 Å². The standard InChI is InChI=1S/C6H6.C4H11O4P.CH5N/c1-2-4-6-5-3-1;1-8-3-2-4-9(5,6)7;1-2/h1-6H;2-4H2,1H3,(H2,5,6,7);2H2,1H3. The summed E-state index contributed by atoms with van der Waals surface area (Å²) in [5, 5.41) is 0. The molecule has 1 aromatic carbocycles. The average Bonchev–Trinajstić information content (AvgIpc) is 2.33. The van der Waals surface area contributed by atoms with Crippen LogP contribution in [-0.4, -0.2) is 36.7 Å². The highest BCUT2D eigenvalue weighted by Crippen LogP contribution is 2.34. The Hall–Kier alpha value is -0.710. The number of hydrogen-bond acceptors (Lipinski definition) is 3. The summed E-state index contributed by atoms with van der Waals surface area (Å²) in [6.07, 6.45) is 0.335.